The first-order chi connectivity index (χ1) is 10.9. The number of primary amides is 1. The van der Waals surface area contributed by atoms with Gasteiger partial charge in [-0.25, -0.2) is 0 Å². The second kappa shape index (κ2) is 7.01. The van der Waals surface area contributed by atoms with Gasteiger partial charge in [-0.05, 0) is 38.2 Å². The number of thiocarbonyl (C=S) groups is 1. The average Bonchev–Trinajstić information content (AvgIpc) is 2.90. The summed E-state index contributed by atoms with van der Waals surface area (Å²) in [6.45, 7) is 3.86. The summed E-state index contributed by atoms with van der Waals surface area (Å²) in [5.74, 6) is -0.624. The maximum Gasteiger partial charge on any atom is 0.269 e. The molecule has 4 N–H and O–H groups in total. The Morgan fingerprint density at radius 1 is 1.35 bits per heavy atom. The van der Waals surface area contributed by atoms with Gasteiger partial charge in [0.2, 0.25) is 0 Å². The fourth-order valence-electron chi connectivity index (χ4n) is 2.08. The van der Waals surface area contributed by atoms with Crippen LogP contribution in [0.4, 0.5) is 11.4 Å². The number of carbonyl (C=O) groups is 2. The first kappa shape index (κ1) is 16.6. The number of ketones is 1. The number of rotatable bonds is 5. The summed E-state index contributed by atoms with van der Waals surface area (Å²) < 4.78 is 1.49. The number of Topliss-reactive ketones (excluding diaryl/α,β-unsaturated/α-hetero) is 1. The molecule has 0 saturated carbocycles. The SMILES string of the molecule is CCn1ncc(NC(=S)Nc2cccc(C(C)=O)c2)c1C(N)=O. The summed E-state index contributed by atoms with van der Waals surface area (Å²) in [6, 6.07) is 6.96. The van der Waals surface area contributed by atoms with E-state index in [1.807, 2.05) is 6.92 Å². The molecule has 0 atom stereocenters. The lowest BCUT2D eigenvalue weighted by atomic mass is 10.1. The molecule has 2 aromatic rings. The highest BCUT2D eigenvalue weighted by Crippen LogP contribution is 2.16. The smallest absolute Gasteiger partial charge is 0.269 e. The summed E-state index contributed by atoms with van der Waals surface area (Å²) in [4.78, 5) is 22.9. The zero-order valence-corrected chi connectivity index (χ0v) is 13.6. The van der Waals surface area contributed by atoms with E-state index in [0.717, 1.165) is 0 Å². The first-order valence-electron chi connectivity index (χ1n) is 6.97. The third kappa shape index (κ3) is 3.92. The van der Waals surface area contributed by atoms with E-state index in [-0.39, 0.29) is 16.6 Å². The largest absolute Gasteiger partial charge is 0.364 e. The van der Waals surface area contributed by atoms with E-state index in [1.165, 1.54) is 17.8 Å². The van der Waals surface area contributed by atoms with Crippen molar-refractivity contribution in [2.45, 2.75) is 20.4 Å². The van der Waals surface area contributed by atoms with Crippen molar-refractivity contribution in [2.75, 3.05) is 10.6 Å². The van der Waals surface area contributed by atoms with Crippen LogP contribution in [-0.4, -0.2) is 26.6 Å². The fourth-order valence-corrected chi connectivity index (χ4v) is 2.30. The summed E-state index contributed by atoms with van der Waals surface area (Å²) in [7, 11) is 0. The molecule has 23 heavy (non-hydrogen) atoms. The number of anilines is 2. The van der Waals surface area contributed by atoms with Gasteiger partial charge >= 0.3 is 0 Å². The zero-order valence-electron chi connectivity index (χ0n) is 12.8. The number of hydrogen-bond acceptors (Lipinski definition) is 4. The van der Waals surface area contributed by atoms with Crippen LogP contribution in [0.1, 0.15) is 34.7 Å². The van der Waals surface area contributed by atoms with Crippen LogP contribution >= 0.6 is 12.2 Å². The number of benzene rings is 1. The minimum Gasteiger partial charge on any atom is -0.364 e. The molecular weight excluding hydrogens is 314 g/mol. The number of carbonyl (C=O) groups excluding carboxylic acids is 2. The third-order valence-corrected chi connectivity index (χ3v) is 3.35. The van der Waals surface area contributed by atoms with Crippen molar-refractivity contribution in [3.8, 4) is 0 Å². The minimum absolute atomic E-state index is 0.0345. The molecule has 0 aliphatic carbocycles. The molecule has 1 amide bonds. The Balaban J connectivity index is 2.14. The number of nitrogens with one attached hydrogen (secondary N) is 2. The number of amides is 1. The van der Waals surface area contributed by atoms with Gasteiger partial charge in [-0.1, -0.05) is 12.1 Å². The molecule has 7 nitrogen and oxygen atoms in total. The van der Waals surface area contributed by atoms with E-state index in [2.05, 4.69) is 15.7 Å². The second-order valence-corrected chi connectivity index (χ2v) is 5.21. The molecule has 0 aliphatic rings. The van der Waals surface area contributed by atoms with E-state index in [4.69, 9.17) is 18.0 Å². The van der Waals surface area contributed by atoms with E-state index >= 15 is 0 Å². The third-order valence-electron chi connectivity index (χ3n) is 3.15. The Morgan fingerprint density at radius 2 is 2.09 bits per heavy atom. The Hall–Kier alpha value is -2.74. The molecule has 0 unspecified atom stereocenters. The van der Waals surface area contributed by atoms with Crippen LogP contribution in [0.3, 0.4) is 0 Å². The Labute approximate surface area is 138 Å². The standard InChI is InChI=1S/C15H17N5O2S/c1-3-20-13(14(16)22)12(8-17-20)19-15(23)18-11-6-4-5-10(7-11)9(2)21/h4-8H,3H2,1-2H3,(H2,16,22)(H2,18,19,23). The van der Waals surface area contributed by atoms with E-state index < -0.39 is 5.91 Å². The Morgan fingerprint density at radius 3 is 2.70 bits per heavy atom. The number of aryl methyl sites for hydroxylation is 1. The molecule has 0 saturated heterocycles. The molecular formula is C15H17N5O2S. The molecule has 120 valence electrons. The van der Waals surface area contributed by atoms with Gasteiger partial charge in [0.15, 0.2) is 10.9 Å². The van der Waals surface area contributed by atoms with Gasteiger partial charge in [0, 0.05) is 17.8 Å². The molecule has 0 fully saturated rings. The number of nitrogens with zero attached hydrogens (tertiary/aromatic N) is 2. The van der Waals surface area contributed by atoms with E-state index in [1.54, 1.807) is 24.3 Å². The quantitative estimate of drug-likeness (QED) is 0.572. The highest BCUT2D eigenvalue weighted by molar-refractivity contribution is 7.80. The fraction of sp³-hybridized carbons (Fsp3) is 0.200. The molecule has 0 radical (unpaired) electrons. The lowest BCUT2D eigenvalue weighted by molar-refractivity contribution is 0.0988. The summed E-state index contributed by atoms with van der Waals surface area (Å²) >= 11 is 5.22. The van der Waals surface area contributed by atoms with Crippen molar-refractivity contribution in [3.05, 3.63) is 41.7 Å². The average molecular weight is 331 g/mol. The zero-order chi connectivity index (χ0) is 17.0. The molecule has 0 aliphatic heterocycles. The van der Waals surface area contributed by atoms with Crippen LogP contribution in [0, 0.1) is 0 Å². The van der Waals surface area contributed by atoms with Gasteiger partial charge < -0.3 is 16.4 Å². The first-order valence-corrected chi connectivity index (χ1v) is 7.37. The predicted molar refractivity (Wildman–Crippen MR) is 92.7 cm³/mol. The van der Waals surface area contributed by atoms with Crippen LogP contribution < -0.4 is 16.4 Å². The number of hydrogen-bond donors (Lipinski definition) is 3. The maximum atomic E-state index is 11.5. The van der Waals surface area contributed by atoms with Crippen LogP contribution in [-0.2, 0) is 6.54 Å². The minimum atomic E-state index is -0.590. The maximum absolute atomic E-state index is 11.5. The van der Waals surface area contributed by atoms with Crippen molar-refractivity contribution in [2.24, 2.45) is 5.73 Å². The highest BCUT2D eigenvalue weighted by atomic mass is 32.1. The van der Waals surface area contributed by atoms with Crippen molar-refractivity contribution >= 4 is 40.4 Å². The van der Waals surface area contributed by atoms with Gasteiger partial charge in [0.25, 0.3) is 5.91 Å². The summed E-state index contributed by atoms with van der Waals surface area (Å²) in [5.41, 5.74) is 7.31. The molecule has 2 rings (SSSR count). The topological polar surface area (TPSA) is 102 Å². The van der Waals surface area contributed by atoms with Gasteiger partial charge in [0.05, 0.1) is 11.9 Å². The van der Waals surface area contributed by atoms with Crippen LogP contribution in [0.25, 0.3) is 0 Å². The normalized spacial score (nSPS) is 10.2. The van der Waals surface area contributed by atoms with Crippen molar-refractivity contribution in [1.82, 2.24) is 9.78 Å². The number of nitrogens with two attached hydrogens (primary N) is 1. The second-order valence-electron chi connectivity index (χ2n) is 4.80. The van der Waals surface area contributed by atoms with Gasteiger partial charge in [0.1, 0.15) is 5.69 Å². The van der Waals surface area contributed by atoms with Crippen molar-refractivity contribution in [1.29, 1.82) is 0 Å². The van der Waals surface area contributed by atoms with E-state index in [9.17, 15) is 9.59 Å². The van der Waals surface area contributed by atoms with Crippen molar-refractivity contribution in [3.63, 3.8) is 0 Å². The molecule has 8 heteroatoms. The molecule has 1 heterocycles. The molecule has 1 aromatic heterocycles. The molecule has 0 bridgehead atoms. The van der Waals surface area contributed by atoms with Crippen LogP contribution in [0.5, 0.6) is 0 Å². The van der Waals surface area contributed by atoms with E-state index in [0.29, 0.717) is 23.5 Å². The highest BCUT2D eigenvalue weighted by Gasteiger charge is 2.16. The molecule has 1 aromatic carbocycles. The van der Waals surface area contributed by atoms with Gasteiger partial charge in [-0.2, -0.15) is 5.10 Å². The van der Waals surface area contributed by atoms with Gasteiger partial charge in [-0.15, -0.1) is 0 Å². The van der Waals surface area contributed by atoms with Crippen molar-refractivity contribution < 1.29 is 9.59 Å². The lowest BCUT2D eigenvalue weighted by Crippen LogP contribution is -2.23. The predicted octanol–water partition coefficient (Wildman–Crippen LogP) is 2.01. The van der Waals surface area contributed by atoms with Crippen LogP contribution in [0.2, 0.25) is 0 Å². The number of aromatic nitrogens is 2. The molecule has 0 spiro atoms. The summed E-state index contributed by atoms with van der Waals surface area (Å²) in [6.07, 6.45) is 1.49. The Kier molecular flexibility index (Phi) is 5.07. The monoisotopic (exact) mass is 331 g/mol. The van der Waals surface area contributed by atoms with Gasteiger partial charge in [-0.3, -0.25) is 14.3 Å². The van der Waals surface area contributed by atoms with Crippen LogP contribution in [0.15, 0.2) is 30.5 Å². The summed E-state index contributed by atoms with van der Waals surface area (Å²) in [5, 5.41) is 10.2. The Bertz CT molecular complexity index is 769. The lowest BCUT2D eigenvalue weighted by Gasteiger charge is -2.11.